The fourth-order valence-electron chi connectivity index (χ4n) is 0.120. The van der Waals surface area contributed by atoms with E-state index in [2.05, 4.69) is 0 Å². The Morgan fingerprint density at radius 3 is 2.14 bits per heavy atom. The number of hydrogen-bond acceptors (Lipinski definition) is 1. The Morgan fingerprint density at radius 1 is 1.71 bits per heavy atom. The molecule has 1 amide bonds. The van der Waals surface area contributed by atoms with Crippen molar-refractivity contribution in [1.29, 1.82) is 0 Å². The molecule has 0 aromatic rings. The molecule has 0 fully saturated rings. The quantitative estimate of drug-likeness (QED) is 0.461. The smallest absolute Gasteiger partial charge is 0.253 e. The predicted octanol–water partition coefficient (Wildman–Crippen LogP) is 0.0441. The van der Waals surface area contributed by atoms with Gasteiger partial charge in [0.2, 0.25) is 0 Å². The molecule has 0 saturated heterocycles. The van der Waals surface area contributed by atoms with Crippen LogP contribution in [-0.2, 0) is 4.79 Å². The largest absolute Gasteiger partial charge is 0.347 e. The van der Waals surface area contributed by atoms with Crippen LogP contribution in [0.2, 0.25) is 0 Å². The molecular weight excluding hydrogens is 97.0 g/mol. The highest BCUT2D eigenvalue weighted by Crippen LogP contribution is 1.76. The first-order valence-electron chi connectivity index (χ1n) is 1.94. The summed E-state index contributed by atoms with van der Waals surface area (Å²) in [7, 11) is 3.03. The van der Waals surface area contributed by atoms with Crippen LogP contribution in [0.1, 0.15) is 0 Å². The fourth-order valence-corrected chi connectivity index (χ4v) is 0.120. The molecule has 0 aliphatic heterocycles. The van der Waals surface area contributed by atoms with E-state index in [0.717, 1.165) is 0 Å². The maximum atomic E-state index is 11.2. The molecule has 0 saturated carbocycles. The summed E-state index contributed by atoms with van der Waals surface area (Å²) in [6.45, 7) is -0.896. The highest BCUT2D eigenvalue weighted by molar-refractivity contribution is 5.76. The molecule has 0 N–H and O–H groups in total. The van der Waals surface area contributed by atoms with Gasteiger partial charge in [-0.25, -0.2) is 4.39 Å². The van der Waals surface area contributed by atoms with Crippen LogP contribution >= 0.6 is 0 Å². The number of alkyl halides is 1. The van der Waals surface area contributed by atoms with E-state index in [0.29, 0.717) is 0 Å². The lowest BCUT2D eigenvalue weighted by Gasteiger charge is -2.04. The molecule has 0 radical (unpaired) electrons. The highest BCUT2D eigenvalue weighted by atomic mass is 19.1. The van der Waals surface area contributed by atoms with Gasteiger partial charge in [-0.05, 0) is 0 Å². The maximum Gasteiger partial charge on any atom is 0.253 e. The van der Waals surface area contributed by atoms with Gasteiger partial charge >= 0.3 is 0 Å². The zero-order chi connectivity index (χ0) is 5.86. The predicted molar refractivity (Wildman–Crippen MR) is 24.7 cm³/mol. The summed E-state index contributed by atoms with van der Waals surface area (Å²) in [5, 5.41) is 0. The van der Waals surface area contributed by atoms with Crippen LogP contribution in [0.25, 0.3) is 0 Å². The molecular formula is C4H8FNO. The van der Waals surface area contributed by atoms with Crippen molar-refractivity contribution in [3.8, 4) is 0 Å². The molecule has 2 nitrogen and oxygen atoms in total. The zero-order valence-corrected chi connectivity index (χ0v) is 4.44. The van der Waals surface area contributed by atoms with E-state index in [1.54, 1.807) is 0 Å². The van der Waals surface area contributed by atoms with Crippen LogP contribution in [0.4, 0.5) is 4.39 Å². The summed E-state index contributed by atoms with van der Waals surface area (Å²) >= 11 is 0. The summed E-state index contributed by atoms with van der Waals surface area (Å²) in [6.07, 6.45) is 0. The molecule has 0 aliphatic rings. The van der Waals surface area contributed by atoms with E-state index in [-0.39, 0.29) is 0 Å². The SMILES string of the molecule is CN(C)C(=O)CF. The lowest BCUT2D eigenvalue weighted by Crippen LogP contribution is -2.22. The molecule has 7 heavy (non-hydrogen) atoms. The second kappa shape index (κ2) is 2.55. The Kier molecular flexibility index (Phi) is 2.33. The average Bonchev–Trinajstić information content (AvgIpc) is 1.65. The zero-order valence-electron chi connectivity index (χ0n) is 4.44. The first kappa shape index (κ1) is 6.40. The standard InChI is InChI=1S/C4H8FNO/c1-6(2)4(7)3-5/h3H2,1-2H3. The van der Waals surface area contributed by atoms with E-state index in [9.17, 15) is 9.18 Å². The van der Waals surface area contributed by atoms with Gasteiger partial charge in [0, 0.05) is 14.1 Å². The van der Waals surface area contributed by atoms with E-state index >= 15 is 0 Å². The normalized spacial score (nSPS) is 8.43. The summed E-state index contributed by atoms with van der Waals surface area (Å²) in [6, 6.07) is 0. The molecule has 0 rings (SSSR count). The molecule has 0 aliphatic carbocycles. The Labute approximate surface area is 41.9 Å². The monoisotopic (exact) mass is 105 g/mol. The fraction of sp³-hybridized carbons (Fsp3) is 0.750. The third-order valence-corrected chi connectivity index (χ3v) is 0.613. The molecule has 0 aromatic heterocycles. The van der Waals surface area contributed by atoms with Crippen molar-refractivity contribution in [1.82, 2.24) is 4.90 Å². The van der Waals surface area contributed by atoms with Crippen molar-refractivity contribution < 1.29 is 9.18 Å². The Morgan fingerprint density at radius 2 is 2.14 bits per heavy atom. The van der Waals surface area contributed by atoms with Crippen molar-refractivity contribution in [2.24, 2.45) is 0 Å². The summed E-state index contributed by atoms with van der Waals surface area (Å²) in [4.78, 5) is 11.3. The Bertz CT molecular complexity index is 72.1. The number of carbonyl (C=O) groups excluding carboxylic acids is 1. The van der Waals surface area contributed by atoms with Gasteiger partial charge in [0.25, 0.3) is 5.91 Å². The number of hydrogen-bond donors (Lipinski definition) is 0. The second-order valence-electron chi connectivity index (χ2n) is 1.42. The van der Waals surface area contributed by atoms with Crippen molar-refractivity contribution in [2.45, 2.75) is 0 Å². The second-order valence-corrected chi connectivity index (χ2v) is 1.42. The lowest BCUT2D eigenvalue weighted by atomic mass is 10.6. The lowest BCUT2D eigenvalue weighted by molar-refractivity contribution is -0.129. The van der Waals surface area contributed by atoms with Crippen LogP contribution in [0, 0.1) is 0 Å². The van der Waals surface area contributed by atoms with Gasteiger partial charge in [-0.1, -0.05) is 0 Å². The van der Waals surface area contributed by atoms with Gasteiger partial charge in [-0.15, -0.1) is 0 Å². The molecule has 3 heteroatoms. The van der Waals surface area contributed by atoms with E-state index in [1.165, 1.54) is 19.0 Å². The molecule has 0 bridgehead atoms. The average molecular weight is 105 g/mol. The third-order valence-electron chi connectivity index (χ3n) is 0.613. The van der Waals surface area contributed by atoms with Gasteiger partial charge < -0.3 is 4.90 Å². The minimum atomic E-state index is -0.896. The molecule has 42 valence electrons. The van der Waals surface area contributed by atoms with Crippen molar-refractivity contribution >= 4 is 5.91 Å². The summed E-state index contributed by atoms with van der Waals surface area (Å²) in [5.41, 5.74) is 0. The van der Waals surface area contributed by atoms with Gasteiger partial charge in [0.15, 0.2) is 6.67 Å². The third kappa shape index (κ3) is 2.14. The molecule has 0 spiro atoms. The van der Waals surface area contributed by atoms with Crippen molar-refractivity contribution in [3.63, 3.8) is 0 Å². The first-order valence-corrected chi connectivity index (χ1v) is 1.94. The topological polar surface area (TPSA) is 20.3 Å². The van der Waals surface area contributed by atoms with E-state index in [4.69, 9.17) is 0 Å². The number of nitrogens with zero attached hydrogens (tertiary/aromatic N) is 1. The van der Waals surface area contributed by atoms with Crippen LogP contribution in [0.3, 0.4) is 0 Å². The minimum Gasteiger partial charge on any atom is -0.347 e. The van der Waals surface area contributed by atoms with Gasteiger partial charge in [0.05, 0.1) is 0 Å². The Hall–Kier alpha value is -0.600. The highest BCUT2D eigenvalue weighted by Gasteiger charge is 1.98. The van der Waals surface area contributed by atoms with Gasteiger partial charge in [-0.2, -0.15) is 0 Å². The molecule has 0 heterocycles. The van der Waals surface area contributed by atoms with Crippen LogP contribution in [0.5, 0.6) is 0 Å². The summed E-state index contributed by atoms with van der Waals surface area (Å²) in [5.74, 6) is -0.486. The minimum absolute atomic E-state index is 0.486. The van der Waals surface area contributed by atoms with Crippen LogP contribution < -0.4 is 0 Å². The Balaban J connectivity index is 3.35. The van der Waals surface area contributed by atoms with Gasteiger partial charge in [-0.3, -0.25) is 4.79 Å². The van der Waals surface area contributed by atoms with Crippen molar-refractivity contribution in [2.75, 3.05) is 20.8 Å². The maximum absolute atomic E-state index is 11.2. The van der Waals surface area contributed by atoms with Crippen LogP contribution in [0.15, 0.2) is 0 Å². The van der Waals surface area contributed by atoms with E-state index < -0.39 is 12.6 Å². The number of rotatable bonds is 1. The molecule has 0 atom stereocenters. The van der Waals surface area contributed by atoms with Crippen molar-refractivity contribution in [3.05, 3.63) is 0 Å². The van der Waals surface area contributed by atoms with Gasteiger partial charge in [0.1, 0.15) is 0 Å². The number of amides is 1. The number of halogens is 1. The molecule has 0 aromatic carbocycles. The van der Waals surface area contributed by atoms with Crippen LogP contribution in [-0.4, -0.2) is 31.6 Å². The first-order chi connectivity index (χ1) is 3.18. The molecule has 0 unspecified atom stereocenters. The summed E-state index contributed by atoms with van der Waals surface area (Å²) < 4.78 is 11.2. The van der Waals surface area contributed by atoms with E-state index in [1.807, 2.05) is 0 Å². The number of carbonyl (C=O) groups is 1.